The molecule has 11 heteroatoms. The summed E-state index contributed by atoms with van der Waals surface area (Å²) < 4.78 is 43.1. The number of hydrogen-bond donors (Lipinski definition) is 1. The first kappa shape index (κ1) is 25.3. The van der Waals surface area contributed by atoms with Crippen LogP contribution in [0, 0.1) is 18.6 Å². The lowest BCUT2D eigenvalue weighted by Gasteiger charge is -2.28. The Morgan fingerprint density at radius 2 is 1.95 bits per heavy atom. The van der Waals surface area contributed by atoms with E-state index < -0.39 is 22.4 Å². The lowest BCUT2D eigenvalue weighted by molar-refractivity contribution is 0.267. The van der Waals surface area contributed by atoms with Crippen LogP contribution in [0.5, 0.6) is 0 Å². The molecule has 0 aliphatic carbocycles. The summed E-state index contributed by atoms with van der Waals surface area (Å²) in [4.78, 5) is 19.8. The van der Waals surface area contributed by atoms with E-state index in [9.17, 15) is 13.0 Å². The molecular weight excluding hydrogens is 496 g/mol. The van der Waals surface area contributed by atoms with Gasteiger partial charge in [-0.3, -0.25) is 9.11 Å². The fourth-order valence-electron chi connectivity index (χ4n) is 4.79. The van der Waals surface area contributed by atoms with Crippen molar-refractivity contribution < 1.29 is 13.0 Å². The number of rotatable bonds is 7. The summed E-state index contributed by atoms with van der Waals surface area (Å²) >= 11 is 0. The maximum atomic E-state index is 15.0. The molecule has 0 saturated carbocycles. The lowest BCUT2D eigenvalue weighted by atomic mass is 10.1. The van der Waals surface area contributed by atoms with Gasteiger partial charge in [0.25, 0.3) is 0 Å². The Morgan fingerprint density at radius 1 is 1.14 bits per heavy atom. The van der Waals surface area contributed by atoms with Crippen molar-refractivity contribution in [1.82, 2.24) is 29.4 Å². The highest BCUT2D eigenvalue weighted by atomic mass is 32.2. The second kappa shape index (κ2) is 10.2. The van der Waals surface area contributed by atoms with E-state index in [1.165, 1.54) is 6.07 Å². The van der Waals surface area contributed by atoms with E-state index in [0.717, 1.165) is 43.5 Å². The van der Waals surface area contributed by atoms with E-state index in [1.54, 1.807) is 12.3 Å². The predicted molar refractivity (Wildman–Crippen MR) is 141 cm³/mol. The van der Waals surface area contributed by atoms with Gasteiger partial charge in [-0.15, -0.1) is 0 Å². The second-order valence-electron chi connectivity index (χ2n) is 9.57. The third kappa shape index (κ3) is 5.24. The Bertz CT molecular complexity index is 1500. The molecule has 1 aromatic carbocycles. The van der Waals surface area contributed by atoms with Crippen molar-refractivity contribution in [3.05, 3.63) is 59.2 Å². The number of imidazole rings is 1. The van der Waals surface area contributed by atoms with Gasteiger partial charge >= 0.3 is 0 Å². The molecule has 1 aliphatic rings. The molecule has 4 heterocycles. The van der Waals surface area contributed by atoms with Crippen LogP contribution in [-0.2, 0) is 23.8 Å². The zero-order valence-corrected chi connectivity index (χ0v) is 22.1. The van der Waals surface area contributed by atoms with E-state index in [1.807, 2.05) is 37.5 Å². The van der Waals surface area contributed by atoms with Gasteiger partial charge in [0, 0.05) is 66.2 Å². The average molecular weight is 526 g/mol. The Labute approximate surface area is 216 Å². The Hall–Kier alpha value is -3.31. The minimum absolute atomic E-state index is 0.00521. The van der Waals surface area contributed by atoms with Crippen LogP contribution in [0.15, 0.2) is 30.5 Å². The number of aromatic nitrogens is 5. The SMILES string of the molecule is Cc1nc2c(F)cc(-c3nc(Nc4ccc5c(n4)CCN(CCS(C)=O)C5)ncc3F)cc2n1C(C)C. The Kier molecular flexibility index (Phi) is 7.00. The van der Waals surface area contributed by atoms with Crippen molar-refractivity contribution in [2.45, 2.75) is 39.8 Å². The van der Waals surface area contributed by atoms with Gasteiger partial charge in [-0.2, -0.15) is 0 Å². The number of benzene rings is 1. The monoisotopic (exact) mass is 525 g/mol. The summed E-state index contributed by atoms with van der Waals surface area (Å²) in [5.41, 5.74) is 3.25. The van der Waals surface area contributed by atoms with Crippen molar-refractivity contribution in [3.8, 4) is 11.3 Å². The first-order valence-electron chi connectivity index (χ1n) is 12.2. The highest BCUT2D eigenvalue weighted by molar-refractivity contribution is 7.84. The van der Waals surface area contributed by atoms with Crippen molar-refractivity contribution >= 4 is 33.6 Å². The largest absolute Gasteiger partial charge is 0.326 e. The number of anilines is 2. The van der Waals surface area contributed by atoms with Crippen molar-refractivity contribution in [2.75, 3.05) is 30.4 Å². The van der Waals surface area contributed by atoms with E-state index in [4.69, 9.17) is 4.98 Å². The number of hydrogen-bond acceptors (Lipinski definition) is 7. The molecule has 194 valence electrons. The Balaban J connectivity index is 1.41. The second-order valence-corrected chi connectivity index (χ2v) is 11.1. The molecule has 37 heavy (non-hydrogen) atoms. The van der Waals surface area contributed by atoms with Gasteiger partial charge in [0.15, 0.2) is 11.6 Å². The molecule has 0 spiro atoms. The summed E-state index contributed by atoms with van der Waals surface area (Å²) in [6.07, 6.45) is 3.57. The highest BCUT2D eigenvalue weighted by Crippen LogP contribution is 2.30. The van der Waals surface area contributed by atoms with Gasteiger partial charge in [0.2, 0.25) is 5.95 Å². The average Bonchev–Trinajstić information content (AvgIpc) is 3.20. The molecule has 1 atom stereocenters. The van der Waals surface area contributed by atoms with Crippen LogP contribution < -0.4 is 5.32 Å². The topological polar surface area (TPSA) is 88.8 Å². The minimum Gasteiger partial charge on any atom is -0.326 e. The molecule has 1 aliphatic heterocycles. The normalized spacial score (nSPS) is 14.8. The smallest absolute Gasteiger partial charge is 0.229 e. The van der Waals surface area contributed by atoms with Crippen molar-refractivity contribution in [2.24, 2.45) is 0 Å². The zero-order valence-electron chi connectivity index (χ0n) is 21.3. The first-order chi connectivity index (χ1) is 17.7. The van der Waals surface area contributed by atoms with Gasteiger partial charge in [-0.25, -0.2) is 28.7 Å². The molecule has 5 rings (SSSR count). The molecule has 3 aromatic heterocycles. The molecule has 0 saturated heterocycles. The van der Waals surface area contributed by atoms with Gasteiger partial charge in [-0.1, -0.05) is 6.07 Å². The molecule has 0 amide bonds. The van der Waals surface area contributed by atoms with Crippen LogP contribution in [0.3, 0.4) is 0 Å². The summed E-state index contributed by atoms with van der Waals surface area (Å²) in [5, 5.41) is 3.06. The number of fused-ring (bicyclic) bond motifs is 2. The molecular formula is C26H29F2N7OS. The van der Waals surface area contributed by atoms with Crippen molar-refractivity contribution in [3.63, 3.8) is 0 Å². The fourth-order valence-corrected chi connectivity index (χ4v) is 5.31. The minimum atomic E-state index is -0.813. The molecule has 1 N–H and O–H groups in total. The molecule has 8 nitrogen and oxygen atoms in total. The molecule has 1 unspecified atom stereocenters. The quantitative estimate of drug-likeness (QED) is 0.379. The molecule has 0 bridgehead atoms. The Morgan fingerprint density at radius 3 is 2.70 bits per heavy atom. The first-order valence-corrected chi connectivity index (χ1v) is 13.9. The number of nitrogens with one attached hydrogen (secondary N) is 1. The van der Waals surface area contributed by atoms with Crippen LogP contribution in [-0.4, -0.2) is 58.7 Å². The third-order valence-electron chi connectivity index (χ3n) is 6.52. The highest BCUT2D eigenvalue weighted by Gasteiger charge is 2.20. The van der Waals surface area contributed by atoms with Crippen LogP contribution in [0.2, 0.25) is 0 Å². The zero-order chi connectivity index (χ0) is 26.3. The molecule has 4 aromatic rings. The number of pyridine rings is 1. The summed E-state index contributed by atoms with van der Waals surface area (Å²) in [6.45, 7) is 8.20. The van der Waals surface area contributed by atoms with E-state index >= 15 is 0 Å². The van der Waals surface area contributed by atoms with Gasteiger partial charge in [0.1, 0.15) is 22.9 Å². The maximum absolute atomic E-state index is 15.0. The molecule has 0 fully saturated rings. The number of nitrogens with zero attached hydrogens (tertiary/aromatic N) is 6. The number of aryl methyl sites for hydroxylation is 1. The van der Waals surface area contributed by atoms with Crippen LogP contribution in [0.25, 0.3) is 22.3 Å². The predicted octanol–water partition coefficient (Wildman–Crippen LogP) is 4.54. The standard InChI is InChI=1S/C26H29F2N7OS/c1-15(2)35-16(3)30-25-19(27)11-18(12-22(25)35)24-20(28)13-29-26(33-24)32-23-6-5-17-14-34(9-10-37(4)36)8-7-21(17)31-23/h5-6,11-13,15H,7-10,14H2,1-4H3,(H,29,31,32,33). The molecule has 0 radical (unpaired) electrons. The lowest BCUT2D eigenvalue weighted by Crippen LogP contribution is -2.34. The third-order valence-corrected chi connectivity index (χ3v) is 7.28. The maximum Gasteiger partial charge on any atom is 0.229 e. The van der Waals surface area contributed by atoms with E-state index in [2.05, 4.69) is 25.2 Å². The summed E-state index contributed by atoms with van der Waals surface area (Å²) in [6, 6.07) is 6.87. The van der Waals surface area contributed by atoms with Crippen LogP contribution in [0.4, 0.5) is 20.5 Å². The van der Waals surface area contributed by atoms with E-state index in [0.29, 0.717) is 28.5 Å². The van der Waals surface area contributed by atoms with Gasteiger partial charge < -0.3 is 9.88 Å². The van der Waals surface area contributed by atoms with Gasteiger partial charge in [-0.05, 0) is 44.5 Å². The fraction of sp³-hybridized carbons (Fsp3) is 0.385. The van der Waals surface area contributed by atoms with Crippen molar-refractivity contribution in [1.29, 1.82) is 0 Å². The summed E-state index contributed by atoms with van der Waals surface area (Å²) in [5.74, 6) is 0.883. The van der Waals surface area contributed by atoms with Crippen LogP contribution in [0.1, 0.15) is 37.0 Å². The summed E-state index contributed by atoms with van der Waals surface area (Å²) in [7, 11) is -0.813. The van der Waals surface area contributed by atoms with Gasteiger partial charge in [0.05, 0.1) is 11.7 Å². The number of halogens is 2. The van der Waals surface area contributed by atoms with E-state index in [-0.39, 0.29) is 23.2 Å². The van der Waals surface area contributed by atoms with Crippen LogP contribution >= 0.6 is 0 Å².